The number of carbonyl (C=O) groups is 4. The van der Waals surface area contributed by atoms with Gasteiger partial charge < -0.3 is 21.7 Å². The van der Waals surface area contributed by atoms with Crippen molar-refractivity contribution in [2.45, 2.75) is 17.1 Å². The summed E-state index contributed by atoms with van der Waals surface area (Å²) in [6.45, 7) is 1.77. The molecule has 0 saturated carbocycles. The molecular weight excluding hydrogens is 609 g/mol. The maximum atomic E-state index is 13.6. The second-order valence-electron chi connectivity index (χ2n) is 10.5. The Labute approximate surface area is 277 Å². The van der Waals surface area contributed by atoms with Gasteiger partial charge in [0.2, 0.25) is 11.8 Å². The highest BCUT2D eigenvalue weighted by molar-refractivity contribution is 8.00. The molecule has 5 aromatic rings. The van der Waals surface area contributed by atoms with Crippen LogP contribution in [0.2, 0.25) is 0 Å². The second kappa shape index (κ2) is 15.4. The standard InChI is InChI=1S/C38H32N4O4S/c1-25(36(44)40-31-21-19-29(20-22-31)35(39)43)47-33-14-8-13-32(24-33)41-38(46)34(42-37(45)30-11-6-3-7-12-30)23-26-15-17-28(18-16-26)27-9-4-2-5-10-27/h2-25H,1H3,(H2,39,43)(H,40,44)(H,41,46)(H,42,45)/b34-23+. The number of thioether (sulfide) groups is 1. The molecular formula is C38H32N4O4S. The summed E-state index contributed by atoms with van der Waals surface area (Å²) in [7, 11) is 0. The first-order valence-electron chi connectivity index (χ1n) is 14.8. The van der Waals surface area contributed by atoms with Gasteiger partial charge in [-0.2, -0.15) is 0 Å². The minimum atomic E-state index is -0.544. The van der Waals surface area contributed by atoms with Crippen LogP contribution in [0.4, 0.5) is 11.4 Å². The predicted octanol–water partition coefficient (Wildman–Crippen LogP) is 6.98. The zero-order chi connectivity index (χ0) is 33.2. The van der Waals surface area contributed by atoms with Crippen molar-refractivity contribution in [1.29, 1.82) is 0 Å². The molecule has 0 aliphatic heterocycles. The molecule has 4 amide bonds. The third-order valence-corrected chi connectivity index (χ3v) is 8.16. The van der Waals surface area contributed by atoms with E-state index in [4.69, 9.17) is 5.73 Å². The summed E-state index contributed by atoms with van der Waals surface area (Å²) >= 11 is 1.32. The van der Waals surface area contributed by atoms with Crippen molar-refractivity contribution in [2.75, 3.05) is 10.6 Å². The molecule has 5 rings (SSSR count). The molecule has 0 aliphatic rings. The summed E-state index contributed by atoms with van der Waals surface area (Å²) in [5, 5.41) is 8.00. The van der Waals surface area contributed by atoms with Gasteiger partial charge in [0.15, 0.2) is 0 Å². The van der Waals surface area contributed by atoms with Crippen molar-refractivity contribution < 1.29 is 19.2 Å². The minimum Gasteiger partial charge on any atom is -0.366 e. The average Bonchev–Trinajstić information content (AvgIpc) is 3.09. The SMILES string of the molecule is CC(Sc1cccc(NC(=O)/C(=C\c2ccc(-c3ccccc3)cc2)NC(=O)c2ccccc2)c1)C(=O)Nc1ccc(C(N)=O)cc1. The van der Waals surface area contributed by atoms with Gasteiger partial charge in [-0.1, -0.05) is 78.9 Å². The number of benzene rings is 5. The molecule has 1 atom stereocenters. The van der Waals surface area contributed by atoms with E-state index in [9.17, 15) is 19.2 Å². The highest BCUT2D eigenvalue weighted by atomic mass is 32.2. The lowest BCUT2D eigenvalue weighted by Gasteiger charge is -2.14. The molecule has 0 spiro atoms. The van der Waals surface area contributed by atoms with Crippen LogP contribution in [-0.4, -0.2) is 28.9 Å². The topological polar surface area (TPSA) is 130 Å². The van der Waals surface area contributed by atoms with Crippen LogP contribution in [0, 0.1) is 0 Å². The molecule has 0 radical (unpaired) electrons. The van der Waals surface area contributed by atoms with Crippen molar-refractivity contribution in [3.63, 3.8) is 0 Å². The largest absolute Gasteiger partial charge is 0.366 e. The Morgan fingerprint density at radius 1 is 0.660 bits per heavy atom. The van der Waals surface area contributed by atoms with Crippen molar-refractivity contribution in [3.05, 3.63) is 156 Å². The van der Waals surface area contributed by atoms with E-state index >= 15 is 0 Å². The van der Waals surface area contributed by atoms with E-state index in [0.29, 0.717) is 22.5 Å². The Bertz CT molecular complexity index is 1910. The molecule has 8 nitrogen and oxygen atoms in total. The summed E-state index contributed by atoms with van der Waals surface area (Å²) in [5.41, 5.74) is 9.99. The van der Waals surface area contributed by atoms with Crippen LogP contribution in [0.5, 0.6) is 0 Å². The van der Waals surface area contributed by atoms with E-state index in [1.165, 1.54) is 11.8 Å². The van der Waals surface area contributed by atoms with Crippen LogP contribution in [0.25, 0.3) is 17.2 Å². The molecule has 0 aromatic heterocycles. The Kier molecular flexibility index (Phi) is 10.6. The average molecular weight is 641 g/mol. The van der Waals surface area contributed by atoms with Crippen molar-refractivity contribution in [3.8, 4) is 11.1 Å². The van der Waals surface area contributed by atoms with E-state index in [-0.39, 0.29) is 11.6 Å². The number of hydrogen-bond donors (Lipinski definition) is 4. The fraction of sp³-hybridized carbons (Fsp3) is 0.0526. The van der Waals surface area contributed by atoms with Gasteiger partial charge in [-0.15, -0.1) is 11.8 Å². The number of amides is 4. The van der Waals surface area contributed by atoms with Gasteiger partial charge in [-0.25, -0.2) is 0 Å². The van der Waals surface area contributed by atoms with Crippen LogP contribution in [-0.2, 0) is 9.59 Å². The van der Waals surface area contributed by atoms with Crippen LogP contribution < -0.4 is 21.7 Å². The monoisotopic (exact) mass is 640 g/mol. The van der Waals surface area contributed by atoms with Crippen molar-refractivity contribution >= 4 is 52.8 Å². The Morgan fingerprint density at radius 2 is 1.30 bits per heavy atom. The summed E-state index contributed by atoms with van der Waals surface area (Å²) in [6.07, 6.45) is 1.63. The smallest absolute Gasteiger partial charge is 0.272 e. The first-order valence-corrected chi connectivity index (χ1v) is 15.7. The molecule has 234 valence electrons. The van der Waals surface area contributed by atoms with Crippen molar-refractivity contribution in [1.82, 2.24) is 5.32 Å². The number of nitrogens with two attached hydrogens (primary N) is 1. The highest BCUT2D eigenvalue weighted by Gasteiger charge is 2.18. The van der Waals surface area contributed by atoms with Gasteiger partial charge in [0.25, 0.3) is 11.8 Å². The fourth-order valence-corrected chi connectivity index (χ4v) is 5.50. The maximum Gasteiger partial charge on any atom is 0.272 e. The highest BCUT2D eigenvalue weighted by Crippen LogP contribution is 2.27. The van der Waals surface area contributed by atoms with E-state index < -0.39 is 23.0 Å². The van der Waals surface area contributed by atoms with E-state index in [2.05, 4.69) is 16.0 Å². The van der Waals surface area contributed by atoms with Gasteiger partial charge >= 0.3 is 0 Å². The van der Waals surface area contributed by atoms with Gasteiger partial charge in [-0.05, 0) is 84.3 Å². The minimum absolute atomic E-state index is 0.0690. The van der Waals surface area contributed by atoms with E-state index in [1.54, 1.807) is 79.7 Å². The maximum absolute atomic E-state index is 13.6. The lowest BCUT2D eigenvalue weighted by Crippen LogP contribution is -2.30. The lowest BCUT2D eigenvalue weighted by molar-refractivity contribution is -0.115. The molecule has 9 heteroatoms. The van der Waals surface area contributed by atoms with Crippen molar-refractivity contribution in [2.24, 2.45) is 5.73 Å². The summed E-state index contributed by atoms with van der Waals surface area (Å²) in [6, 6.07) is 39.8. The number of nitrogens with one attached hydrogen (secondary N) is 3. The van der Waals surface area contributed by atoms with Crippen LogP contribution in [0.1, 0.15) is 33.2 Å². The number of rotatable bonds is 11. The molecule has 5 aromatic carbocycles. The Balaban J connectivity index is 1.30. The zero-order valence-electron chi connectivity index (χ0n) is 25.5. The number of anilines is 2. The lowest BCUT2D eigenvalue weighted by atomic mass is 10.0. The number of carbonyl (C=O) groups excluding carboxylic acids is 4. The van der Waals surface area contributed by atoms with E-state index in [0.717, 1.165) is 21.6 Å². The first kappa shape index (κ1) is 32.5. The van der Waals surface area contributed by atoms with E-state index in [1.807, 2.05) is 66.7 Å². The Hall–Kier alpha value is -5.93. The molecule has 0 heterocycles. The molecule has 0 bridgehead atoms. The third kappa shape index (κ3) is 9.06. The third-order valence-electron chi connectivity index (χ3n) is 7.07. The van der Waals surface area contributed by atoms with Crippen LogP contribution in [0.3, 0.4) is 0 Å². The van der Waals surface area contributed by atoms with Gasteiger partial charge in [-0.3, -0.25) is 19.2 Å². The first-order chi connectivity index (χ1) is 22.7. The predicted molar refractivity (Wildman–Crippen MR) is 188 cm³/mol. The molecule has 5 N–H and O–H groups in total. The number of hydrogen-bond acceptors (Lipinski definition) is 5. The van der Waals surface area contributed by atoms with Gasteiger partial charge in [0, 0.05) is 27.4 Å². The normalized spacial score (nSPS) is 11.6. The molecule has 0 fully saturated rings. The summed E-state index contributed by atoms with van der Waals surface area (Å²) < 4.78 is 0. The molecule has 0 saturated heterocycles. The summed E-state index contributed by atoms with van der Waals surface area (Å²) in [4.78, 5) is 51.6. The fourth-order valence-electron chi connectivity index (χ4n) is 4.58. The number of primary amides is 1. The van der Waals surface area contributed by atoms with Crippen LogP contribution in [0.15, 0.2) is 144 Å². The molecule has 1 unspecified atom stereocenters. The Morgan fingerprint density at radius 3 is 1.96 bits per heavy atom. The quantitative estimate of drug-likeness (QED) is 0.0914. The molecule has 47 heavy (non-hydrogen) atoms. The summed E-state index contributed by atoms with van der Waals surface area (Å²) in [5.74, 6) is -1.70. The zero-order valence-corrected chi connectivity index (χ0v) is 26.3. The molecule has 0 aliphatic carbocycles. The van der Waals surface area contributed by atoms with Gasteiger partial charge in [0.1, 0.15) is 5.70 Å². The van der Waals surface area contributed by atoms with Gasteiger partial charge in [0.05, 0.1) is 5.25 Å². The second-order valence-corrected chi connectivity index (χ2v) is 12.0. The van der Waals surface area contributed by atoms with Crippen LogP contribution >= 0.6 is 11.8 Å².